The Morgan fingerprint density at radius 3 is 2.60 bits per heavy atom. The van der Waals surface area contributed by atoms with E-state index < -0.39 is 0 Å². The molecule has 0 radical (unpaired) electrons. The van der Waals surface area contributed by atoms with Crippen molar-refractivity contribution in [3.8, 4) is 23.0 Å². The zero-order valence-corrected chi connectivity index (χ0v) is 12.3. The molecule has 0 N–H and O–H groups in total. The number of methoxy groups -OCH3 is 1. The first kappa shape index (κ1) is 12.8. The Balaban J connectivity index is 2.05. The number of rotatable bonds is 3. The molecule has 3 rings (SSSR count). The van der Waals surface area contributed by atoms with Crippen LogP contribution in [0.5, 0.6) is 5.75 Å². The van der Waals surface area contributed by atoms with Crippen LogP contribution < -0.4 is 4.74 Å². The van der Waals surface area contributed by atoms with Crippen LogP contribution >= 0.6 is 15.9 Å². The molecule has 5 nitrogen and oxygen atoms in total. The SMILES string of the molecule is COc1ccc(-n2cnnc2-c2cccc(Br)n2)cc1. The second kappa shape index (κ2) is 5.42. The second-order valence-electron chi connectivity index (χ2n) is 4.07. The number of benzene rings is 1. The third kappa shape index (κ3) is 2.42. The van der Waals surface area contributed by atoms with E-state index in [1.165, 1.54) is 0 Å². The van der Waals surface area contributed by atoms with Crippen LogP contribution in [0.4, 0.5) is 0 Å². The highest BCUT2D eigenvalue weighted by molar-refractivity contribution is 9.10. The Morgan fingerprint density at radius 2 is 1.90 bits per heavy atom. The van der Waals surface area contributed by atoms with Gasteiger partial charge in [-0.3, -0.25) is 4.57 Å². The van der Waals surface area contributed by atoms with Crippen molar-refractivity contribution in [1.82, 2.24) is 19.7 Å². The largest absolute Gasteiger partial charge is 0.497 e. The molecule has 0 aliphatic heterocycles. The number of halogens is 1. The summed E-state index contributed by atoms with van der Waals surface area (Å²) in [5, 5.41) is 8.12. The van der Waals surface area contributed by atoms with Gasteiger partial charge in [-0.05, 0) is 52.3 Å². The summed E-state index contributed by atoms with van der Waals surface area (Å²) in [5.74, 6) is 1.50. The molecule has 0 aliphatic carbocycles. The summed E-state index contributed by atoms with van der Waals surface area (Å²) < 4.78 is 7.80. The van der Waals surface area contributed by atoms with Crippen molar-refractivity contribution in [2.24, 2.45) is 0 Å². The molecule has 3 aromatic rings. The van der Waals surface area contributed by atoms with E-state index in [0.717, 1.165) is 21.7 Å². The highest BCUT2D eigenvalue weighted by atomic mass is 79.9. The van der Waals surface area contributed by atoms with Crippen LogP contribution in [-0.4, -0.2) is 26.9 Å². The van der Waals surface area contributed by atoms with Crippen LogP contribution in [0.15, 0.2) is 53.4 Å². The van der Waals surface area contributed by atoms with Gasteiger partial charge in [0.2, 0.25) is 0 Å². The molecule has 6 heteroatoms. The lowest BCUT2D eigenvalue weighted by molar-refractivity contribution is 0.415. The molecule has 0 aliphatic rings. The standard InChI is InChI=1S/C14H11BrN4O/c1-20-11-7-5-10(6-8-11)19-9-16-18-14(19)12-3-2-4-13(15)17-12/h2-9H,1H3. The van der Waals surface area contributed by atoms with Crippen LogP contribution in [0.25, 0.3) is 17.2 Å². The summed E-state index contributed by atoms with van der Waals surface area (Å²) in [6.45, 7) is 0. The van der Waals surface area contributed by atoms with Crippen molar-refractivity contribution in [3.05, 3.63) is 53.4 Å². The zero-order chi connectivity index (χ0) is 13.9. The fourth-order valence-corrected chi connectivity index (χ4v) is 2.22. The molecular formula is C14H11BrN4O. The minimum atomic E-state index is 0.691. The average molecular weight is 331 g/mol. The quantitative estimate of drug-likeness (QED) is 0.692. The van der Waals surface area contributed by atoms with E-state index in [9.17, 15) is 0 Å². The molecule has 0 fully saturated rings. The van der Waals surface area contributed by atoms with Gasteiger partial charge in [0.15, 0.2) is 5.82 Å². The molecule has 0 amide bonds. The first-order valence-corrected chi connectivity index (χ1v) is 6.74. The van der Waals surface area contributed by atoms with E-state index in [1.54, 1.807) is 13.4 Å². The van der Waals surface area contributed by atoms with Gasteiger partial charge in [-0.15, -0.1) is 10.2 Å². The predicted octanol–water partition coefficient (Wildman–Crippen LogP) is 3.10. The topological polar surface area (TPSA) is 52.8 Å². The summed E-state index contributed by atoms with van der Waals surface area (Å²) in [4.78, 5) is 4.40. The van der Waals surface area contributed by atoms with Gasteiger partial charge in [-0.25, -0.2) is 4.98 Å². The molecule has 0 unspecified atom stereocenters. The highest BCUT2D eigenvalue weighted by Crippen LogP contribution is 2.21. The fourth-order valence-electron chi connectivity index (χ4n) is 1.87. The molecule has 0 saturated carbocycles. The fraction of sp³-hybridized carbons (Fsp3) is 0.0714. The van der Waals surface area contributed by atoms with Crippen molar-refractivity contribution in [3.63, 3.8) is 0 Å². The first-order chi connectivity index (χ1) is 9.78. The molecule has 0 spiro atoms. The van der Waals surface area contributed by atoms with E-state index in [0.29, 0.717) is 5.82 Å². The third-order valence-electron chi connectivity index (χ3n) is 2.84. The molecule has 2 aromatic heterocycles. The lowest BCUT2D eigenvalue weighted by Gasteiger charge is -2.07. The maximum absolute atomic E-state index is 5.16. The van der Waals surface area contributed by atoms with Gasteiger partial charge in [-0.2, -0.15) is 0 Å². The third-order valence-corrected chi connectivity index (χ3v) is 3.28. The lowest BCUT2D eigenvalue weighted by atomic mass is 10.3. The highest BCUT2D eigenvalue weighted by Gasteiger charge is 2.10. The summed E-state index contributed by atoms with van der Waals surface area (Å²) in [7, 11) is 1.64. The maximum atomic E-state index is 5.16. The Bertz CT molecular complexity index is 724. The average Bonchev–Trinajstić information content (AvgIpc) is 2.97. The van der Waals surface area contributed by atoms with Gasteiger partial charge in [-0.1, -0.05) is 6.07 Å². The normalized spacial score (nSPS) is 10.5. The molecule has 1 aromatic carbocycles. The number of hydrogen-bond acceptors (Lipinski definition) is 4. The molecule has 0 bridgehead atoms. The number of aromatic nitrogens is 4. The minimum absolute atomic E-state index is 0.691. The molecule has 0 saturated heterocycles. The Kier molecular flexibility index (Phi) is 3.47. The molecular weight excluding hydrogens is 320 g/mol. The molecule has 2 heterocycles. The second-order valence-corrected chi connectivity index (χ2v) is 4.88. The number of pyridine rings is 1. The van der Waals surface area contributed by atoms with Gasteiger partial charge >= 0.3 is 0 Å². The Hall–Kier alpha value is -2.21. The van der Waals surface area contributed by atoms with Crippen molar-refractivity contribution in [1.29, 1.82) is 0 Å². The summed E-state index contributed by atoms with van der Waals surface area (Å²) in [5.41, 5.74) is 1.71. The summed E-state index contributed by atoms with van der Waals surface area (Å²) >= 11 is 3.36. The zero-order valence-electron chi connectivity index (χ0n) is 10.7. The number of hydrogen-bond donors (Lipinski definition) is 0. The van der Waals surface area contributed by atoms with Crippen molar-refractivity contribution in [2.75, 3.05) is 7.11 Å². The number of ether oxygens (including phenoxy) is 1. The monoisotopic (exact) mass is 330 g/mol. The molecule has 20 heavy (non-hydrogen) atoms. The van der Waals surface area contributed by atoms with Gasteiger partial charge in [0.25, 0.3) is 0 Å². The van der Waals surface area contributed by atoms with E-state index in [1.807, 2.05) is 47.0 Å². The van der Waals surface area contributed by atoms with Crippen LogP contribution in [-0.2, 0) is 0 Å². The van der Waals surface area contributed by atoms with Gasteiger partial charge in [0, 0.05) is 5.69 Å². The van der Waals surface area contributed by atoms with E-state index >= 15 is 0 Å². The van der Waals surface area contributed by atoms with Crippen molar-refractivity contribution < 1.29 is 4.74 Å². The summed E-state index contributed by atoms with van der Waals surface area (Å²) in [6, 6.07) is 13.4. The van der Waals surface area contributed by atoms with E-state index in [-0.39, 0.29) is 0 Å². The maximum Gasteiger partial charge on any atom is 0.187 e. The molecule has 100 valence electrons. The lowest BCUT2D eigenvalue weighted by Crippen LogP contribution is -1.98. The van der Waals surface area contributed by atoms with Gasteiger partial charge < -0.3 is 4.74 Å². The van der Waals surface area contributed by atoms with Crippen LogP contribution in [0.2, 0.25) is 0 Å². The van der Waals surface area contributed by atoms with E-state index in [2.05, 4.69) is 31.1 Å². The van der Waals surface area contributed by atoms with E-state index in [4.69, 9.17) is 4.74 Å². The van der Waals surface area contributed by atoms with Crippen molar-refractivity contribution in [2.45, 2.75) is 0 Å². The van der Waals surface area contributed by atoms with Crippen LogP contribution in [0.3, 0.4) is 0 Å². The Labute approximate surface area is 124 Å². The first-order valence-electron chi connectivity index (χ1n) is 5.95. The predicted molar refractivity (Wildman–Crippen MR) is 78.8 cm³/mol. The van der Waals surface area contributed by atoms with Crippen LogP contribution in [0.1, 0.15) is 0 Å². The minimum Gasteiger partial charge on any atom is -0.497 e. The van der Waals surface area contributed by atoms with Crippen LogP contribution in [0, 0.1) is 0 Å². The Morgan fingerprint density at radius 1 is 1.10 bits per heavy atom. The number of nitrogens with zero attached hydrogens (tertiary/aromatic N) is 4. The molecule has 0 atom stereocenters. The van der Waals surface area contributed by atoms with Gasteiger partial charge in [0.1, 0.15) is 22.4 Å². The van der Waals surface area contributed by atoms with Gasteiger partial charge in [0.05, 0.1) is 7.11 Å². The van der Waals surface area contributed by atoms with Crippen molar-refractivity contribution >= 4 is 15.9 Å². The smallest absolute Gasteiger partial charge is 0.187 e. The summed E-state index contributed by atoms with van der Waals surface area (Å²) in [6.07, 6.45) is 1.67.